The summed E-state index contributed by atoms with van der Waals surface area (Å²) in [4.78, 5) is 6.45. The summed E-state index contributed by atoms with van der Waals surface area (Å²) in [5, 5.41) is 19.3. The van der Waals surface area contributed by atoms with E-state index in [9.17, 15) is 5.11 Å². The summed E-state index contributed by atoms with van der Waals surface area (Å²) >= 11 is 5.91. The third-order valence-corrected chi connectivity index (χ3v) is 3.58. The van der Waals surface area contributed by atoms with E-state index in [0.29, 0.717) is 10.7 Å². The zero-order valence-corrected chi connectivity index (χ0v) is 10.6. The van der Waals surface area contributed by atoms with E-state index in [1.807, 2.05) is 13.0 Å². The molecule has 0 amide bonds. The number of piperidine rings is 1. The summed E-state index contributed by atoms with van der Waals surface area (Å²) in [6.07, 6.45) is 0.524. The summed E-state index contributed by atoms with van der Waals surface area (Å²) in [7, 11) is 0. The van der Waals surface area contributed by atoms with Gasteiger partial charge in [0.05, 0.1) is 23.4 Å². The van der Waals surface area contributed by atoms with Crippen LogP contribution in [0.25, 0.3) is 0 Å². The molecular formula is C12H17ClN2O2. The van der Waals surface area contributed by atoms with Gasteiger partial charge < -0.3 is 15.1 Å². The molecule has 1 aliphatic rings. The lowest BCUT2D eigenvalue weighted by atomic mass is 9.97. The molecule has 0 aromatic carbocycles. The Bertz CT molecular complexity index is 400. The summed E-state index contributed by atoms with van der Waals surface area (Å²) < 4.78 is 0. The molecule has 1 aromatic heterocycles. The molecule has 0 spiro atoms. The molecule has 2 rings (SSSR count). The van der Waals surface area contributed by atoms with Crippen LogP contribution in [0.2, 0.25) is 5.02 Å². The van der Waals surface area contributed by atoms with Gasteiger partial charge in [0.2, 0.25) is 0 Å². The summed E-state index contributed by atoms with van der Waals surface area (Å²) in [5.41, 5.74) is 0.503. The number of hydrogen-bond donors (Lipinski definition) is 2. The van der Waals surface area contributed by atoms with Crippen molar-refractivity contribution in [1.29, 1.82) is 0 Å². The Morgan fingerprint density at radius 1 is 1.53 bits per heavy atom. The quantitative estimate of drug-likeness (QED) is 0.841. The molecule has 1 aromatic rings. The summed E-state index contributed by atoms with van der Waals surface area (Å²) in [5.74, 6) is 1.05. The standard InChI is InChI=1S/C12H17ClN2O2/c1-8-6-15(5-4-11(8)17)12-3-2-9(13)10(7-16)14-12/h2-3,8,11,16-17H,4-7H2,1H3. The van der Waals surface area contributed by atoms with Crippen LogP contribution in [0.15, 0.2) is 12.1 Å². The fraction of sp³-hybridized carbons (Fsp3) is 0.583. The van der Waals surface area contributed by atoms with Gasteiger partial charge in [0.1, 0.15) is 5.82 Å². The molecule has 17 heavy (non-hydrogen) atoms. The van der Waals surface area contributed by atoms with Gasteiger partial charge in [-0.15, -0.1) is 0 Å². The topological polar surface area (TPSA) is 56.6 Å². The maximum absolute atomic E-state index is 9.68. The highest BCUT2D eigenvalue weighted by molar-refractivity contribution is 6.31. The van der Waals surface area contributed by atoms with E-state index in [4.69, 9.17) is 16.7 Å². The third-order valence-electron chi connectivity index (χ3n) is 3.24. The minimum absolute atomic E-state index is 0.154. The van der Waals surface area contributed by atoms with Crippen molar-refractivity contribution < 1.29 is 10.2 Å². The molecule has 4 nitrogen and oxygen atoms in total. The number of aromatic nitrogens is 1. The van der Waals surface area contributed by atoms with Crippen LogP contribution in [0.4, 0.5) is 5.82 Å². The lowest BCUT2D eigenvalue weighted by molar-refractivity contribution is 0.0968. The number of aliphatic hydroxyl groups excluding tert-OH is 2. The van der Waals surface area contributed by atoms with Crippen LogP contribution in [0.3, 0.4) is 0 Å². The minimum atomic E-state index is -0.226. The van der Waals surface area contributed by atoms with Gasteiger partial charge >= 0.3 is 0 Å². The van der Waals surface area contributed by atoms with E-state index < -0.39 is 0 Å². The molecule has 94 valence electrons. The number of pyridine rings is 1. The van der Waals surface area contributed by atoms with Gasteiger partial charge in [-0.2, -0.15) is 0 Å². The third kappa shape index (κ3) is 2.70. The molecule has 0 saturated carbocycles. The molecule has 2 N–H and O–H groups in total. The number of anilines is 1. The van der Waals surface area contributed by atoms with Crippen LogP contribution in [0.1, 0.15) is 19.0 Å². The zero-order valence-electron chi connectivity index (χ0n) is 9.80. The normalized spacial score (nSPS) is 25.1. The second kappa shape index (κ2) is 5.21. The maximum atomic E-state index is 9.68. The molecule has 0 radical (unpaired) electrons. The smallest absolute Gasteiger partial charge is 0.129 e. The second-order valence-corrected chi connectivity index (χ2v) is 4.94. The highest BCUT2D eigenvalue weighted by Crippen LogP contribution is 2.24. The largest absolute Gasteiger partial charge is 0.393 e. The van der Waals surface area contributed by atoms with Gasteiger partial charge in [-0.3, -0.25) is 0 Å². The average molecular weight is 257 g/mol. The average Bonchev–Trinajstić information content (AvgIpc) is 2.33. The van der Waals surface area contributed by atoms with Crippen molar-refractivity contribution in [3.63, 3.8) is 0 Å². The molecule has 5 heteroatoms. The van der Waals surface area contributed by atoms with Crippen molar-refractivity contribution >= 4 is 17.4 Å². The molecule has 0 bridgehead atoms. The van der Waals surface area contributed by atoms with E-state index in [2.05, 4.69) is 9.88 Å². The van der Waals surface area contributed by atoms with Crippen molar-refractivity contribution in [1.82, 2.24) is 4.98 Å². The van der Waals surface area contributed by atoms with Crippen LogP contribution in [0.5, 0.6) is 0 Å². The Morgan fingerprint density at radius 2 is 2.29 bits per heavy atom. The number of halogens is 1. The van der Waals surface area contributed by atoms with Crippen LogP contribution in [-0.2, 0) is 6.61 Å². The van der Waals surface area contributed by atoms with Crippen LogP contribution >= 0.6 is 11.6 Å². The Hall–Kier alpha value is -0.840. The molecule has 2 atom stereocenters. The Morgan fingerprint density at radius 3 is 2.94 bits per heavy atom. The van der Waals surface area contributed by atoms with Crippen LogP contribution in [0, 0.1) is 5.92 Å². The zero-order chi connectivity index (χ0) is 12.4. The first-order chi connectivity index (χ1) is 8.11. The molecule has 1 fully saturated rings. The lowest BCUT2D eigenvalue weighted by Gasteiger charge is -2.35. The molecule has 0 aliphatic carbocycles. The van der Waals surface area contributed by atoms with Gasteiger partial charge in [0, 0.05) is 13.1 Å². The van der Waals surface area contributed by atoms with Crippen LogP contribution < -0.4 is 4.90 Å². The SMILES string of the molecule is CC1CN(c2ccc(Cl)c(CO)n2)CCC1O. The van der Waals surface area contributed by atoms with Crippen molar-refractivity contribution in [3.05, 3.63) is 22.8 Å². The number of nitrogens with zero attached hydrogens (tertiary/aromatic N) is 2. The van der Waals surface area contributed by atoms with E-state index in [1.54, 1.807) is 6.07 Å². The van der Waals surface area contributed by atoms with Crippen molar-refractivity contribution in [2.75, 3.05) is 18.0 Å². The van der Waals surface area contributed by atoms with E-state index in [1.165, 1.54) is 0 Å². The molecule has 2 heterocycles. The predicted molar refractivity (Wildman–Crippen MR) is 67.2 cm³/mol. The first kappa shape index (κ1) is 12.6. The maximum Gasteiger partial charge on any atom is 0.129 e. The van der Waals surface area contributed by atoms with Crippen molar-refractivity contribution in [3.8, 4) is 0 Å². The van der Waals surface area contributed by atoms with Crippen molar-refractivity contribution in [2.24, 2.45) is 5.92 Å². The highest BCUT2D eigenvalue weighted by atomic mass is 35.5. The number of hydrogen-bond acceptors (Lipinski definition) is 4. The molecule has 2 unspecified atom stereocenters. The minimum Gasteiger partial charge on any atom is -0.393 e. The van der Waals surface area contributed by atoms with E-state index in [-0.39, 0.29) is 18.6 Å². The van der Waals surface area contributed by atoms with Gasteiger partial charge in [-0.1, -0.05) is 18.5 Å². The van der Waals surface area contributed by atoms with E-state index >= 15 is 0 Å². The monoisotopic (exact) mass is 256 g/mol. The Kier molecular flexibility index (Phi) is 3.86. The number of aliphatic hydroxyl groups is 2. The molecule has 1 saturated heterocycles. The molecule has 1 aliphatic heterocycles. The van der Waals surface area contributed by atoms with Gasteiger partial charge in [-0.05, 0) is 24.5 Å². The van der Waals surface area contributed by atoms with Gasteiger partial charge in [0.25, 0.3) is 0 Å². The van der Waals surface area contributed by atoms with Crippen LogP contribution in [-0.4, -0.2) is 34.4 Å². The van der Waals surface area contributed by atoms with Crippen molar-refractivity contribution in [2.45, 2.75) is 26.1 Å². The first-order valence-corrected chi connectivity index (χ1v) is 6.19. The fourth-order valence-corrected chi connectivity index (χ4v) is 2.27. The molecular weight excluding hydrogens is 240 g/mol. The first-order valence-electron chi connectivity index (χ1n) is 5.81. The Balaban J connectivity index is 2.17. The fourth-order valence-electron chi connectivity index (χ4n) is 2.10. The summed E-state index contributed by atoms with van der Waals surface area (Å²) in [6, 6.07) is 3.61. The number of rotatable bonds is 2. The van der Waals surface area contributed by atoms with Gasteiger partial charge in [0.15, 0.2) is 0 Å². The highest BCUT2D eigenvalue weighted by Gasteiger charge is 2.25. The summed E-state index contributed by atoms with van der Waals surface area (Å²) in [6.45, 7) is 3.43. The predicted octanol–water partition coefficient (Wildman–Crippen LogP) is 1.43. The second-order valence-electron chi connectivity index (χ2n) is 4.54. The van der Waals surface area contributed by atoms with E-state index in [0.717, 1.165) is 25.3 Å². The van der Waals surface area contributed by atoms with Gasteiger partial charge in [-0.25, -0.2) is 4.98 Å². The lowest BCUT2D eigenvalue weighted by Crippen LogP contribution is -2.42. The Labute approximate surface area is 106 Å².